The van der Waals surface area contributed by atoms with E-state index < -0.39 is 0 Å². The summed E-state index contributed by atoms with van der Waals surface area (Å²) in [6.07, 6.45) is 14.9. The first-order valence-electron chi connectivity index (χ1n) is 13.7. The van der Waals surface area contributed by atoms with E-state index in [4.69, 9.17) is 9.97 Å². The average molecular weight is 491 g/mol. The Kier molecular flexibility index (Phi) is 6.47. The Balaban J connectivity index is 1.64. The molecule has 0 saturated heterocycles. The Morgan fingerprint density at radius 3 is 1.32 bits per heavy atom. The maximum absolute atomic E-state index is 4.75. The smallest absolute Gasteiger partial charge is 0.0691 e. The van der Waals surface area contributed by atoms with Crippen molar-refractivity contribution in [2.24, 2.45) is 0 Å². The van der Waals surface area contributed by atoms with Crippen molar-refractivity contribution in [2.75, 3.05) is 0 Å². The Morgan fingerprint density at radius 2 is 1.00 bits per heavy atom. The predicted molar refractivity (Wildman–Crippen MR) is 151 cm³/mol. The van der Waals surface area contributed by atoms with Gasteiger partial charge in [-0.1, -0.05) is 77.9 Å². The van der Waals surface area contributed by atoms with E-state index in [1.54, 1.807) is 12.4 Å². The SMILES string of the molecule is CCC(CC)(c1ccc2c(c1)C(C)(C)c1cc(C(CC)(CC)c3cnccn3)ccc1-2)c1cnccn1. The van der Waals surface area contributed by atoms with Crippen LogP contribution in [0.3, 0.4) is 0 Å². The average Bonchev–Trinajstić information content (AvgIpc) is 3.18. The summed E-state index contributed by atoms with van der Waals surface area (Å²) in [6.45, 7) is 13.8. The minimum atomic E-state index is -0.148. The van der Waals surface area contributed by atoms with Crippen molar-refractivity contribution in [1.82, 2.24) is 19.9 Å². The van der Waals surface area contributed by atoms with Gasteiger partial charge in [-0.05, 0) is 59.1 Å². The number of rotatable bonds is 8. The monoisotopic (exact) mass is 490 g/mol. The van der Waals surface area contributed by atoms with E-state index in [-0.39, 0.29) is 16.2 Å². The zero-order valence-corrected chi connectivity index (χ0v) is 23.0. The highest BCUT2D eigenvalue weighted by molar-refractivity contribution is 5.81. The third kappa shape index (κ3) is 3.72. The lowest BCUT2D eigenvalue weighted by Gasteiger charge is -2.34. The molecule has 0 aliphatic heterocycles. The molecule has 2 aromatic carbocycles. The molecular weight excluding hydrogens is 452 g/mol. The van der Waals surface area contributed by atoms with Crippen LogP contribution in [0.5, 0.6) is 0 Å². The highest BCUT2D eigenvalue weighted by Gasteiger charge is 2.41. The van der Waals surface area contributed by atoms with Gasteiger partial charge in [-0.15, -0.1) is 0 Å². The van der Waals surface area contributed by atoms with Crippen LogP contribution in [0.2, 0.25) is 0 Å². The fraction of sp³-hybridized carbons (Fsp3) is 0.394. The molecule has 37 heavy (non-hydrogen) atoms. The van der Waals surface area contributed by atoms with Crippen LogP contribution in [-0.2, 0) is 16.2 Å². The topological polar surface area (TPSA) is 51.6 Å². The molecular formula is C33H38N4. The van der Waals surface area contributed by atoms with Gasteiger partial charge in [-0.3, -0.25) is 19.9 Å². The Labute approximate surface area is 221 Å². The quantitative estimate of drug-likeness (QED) is 0.253. The number of aromatic nitrogens is 4. The van der Waals surface area contributed by atoms with Gasteiger partial charge in [0.15, 0.2) is 0 Å². The van der Waals surface area contributed by atoms with Crippen molar-refractivity contribution in [3.63, 3.8) is 0 Å². The van der Waals surface area contributed by atoms with Gasteiger partial charge >= 0.3 is 0 Å². The molecule has 190 valence electrons. The van der Waals surface area contributed by atoms with Crippen LogP contribution < -0.4 is 0 Å². The van der Waals surface area contributed by atoms with E-state index in [1.165, 1.54) is 33.4 Å². The van der Waals surface area contributed by atoms with E-state index in [0.29, 0.717) is 0 Å². The fourth-order valence-electron chi connectivity index (χ4n) is 6.76. The second-order valence-corrected chi connectivity index (χ2v) is 10.9. The first-order chi connectivity index (χ1) is 17.9. The van der Waals surface area contributed by atoms with Crippen LogP contribution in [0.15, 0.2) is 73.6 Å². The van der Waals surface area contributed by atoms with E-state index in [0.717, 1.165) is 37.1 Å². The molecule has 0 spiro atoms. The van der Waals surface area contributed by atoms with Gasteiger partial charge in [-0.2, -0.15) is 0 Å². The van der Waals surface area contributed by atoms with Crippen LogP contribution in [0.4, 0.5) is 0 Å². The lowest BCUT2D eigenvalue weighted by molar-refractivity contribution is 0.460. The van der Waals surface area contributed by atoms with Crippen LogP contribution in [0.25, 0.3) is 11.1 Å². The lowest BCUT2D eigenvalue weighted by atomic mass is 9.70. The van der Waals surface area contributed by atoms with Gasteiger partial charge < -0.3 is 0 Å². The van der Waals surface area contributed by atoms with Crippen molar-refractivity contribution < 1.29 is 0 Å². The van der Waals surface area contributed by atoms with Crippen molar-refractivity contribution in [2.45, 2.75) is 83.5 Å². The van der Waals surface area contributed by atoms with E-state index in [2.05, 4.69) is 87.9 Å². The third-order valence-corrected chi connectivity index (χ3v) is 9.30. The molecule has 0 saturated carbocycles. The van der Waals surface area contributed by atoms with E-state index >= 15 is 0 Å². The van der Waals surface area contributed by atoms with Crippen molar-refractivity contribution >= 4 is 0 Å². The van der Waals surface area contributed by atoms with Crippen molar-refractivity contribution in [3.8, 4) is 11.1 Å². The highest BCUT2D eigenvalue weighted by atomic mass is 14.8. The van der Waals surface area contributed by atoms with Gasteiger partial charge in [0.1, 0.15) is 0 Å². The van der Waals surface area contributed by atoms with Crippen LogP contribution in [-0.4, -0.2) is 19.9 Å². The predicted octanol–water partition coefficient (Wildman–Crippen LogP) is 7.79. The van der Waals surface area contributed by atoms with Gasteiger partial charge in [0.05, 0.1) is 11.4 Å². The second kappa shape index (κ2) is 9.48. The van der Waals surface area contributed by atoms with Crippen molar-refractivity contribution in [3.05, 3.63) is 107 Å². The van der Waals surface area contributed by atoms with Gasteiger partial charge in [0.2, 0.25) is 0 Å². The highest BCUT2D eigenvalue weighted by Crippen LogP contribution is 2.52. The molecule has 2 heterocycles. The molecule has 0 radical (unpaired) electrons. The number of hydrogen-bond acceptors (Lipinski definition) is 4. The minimum absolute atomic E-state index is 0.109. The standard InChI is InChI=1S/C33H38N4/c1-7-32(8-2,29-21-34-15-17-36-29)23-11-13-25-26-14-12-24(20-28(26)31(5,6)27(25)19-23)33(9-3,10-4)30-22-35-16-18-37-30/h11-22H,7-10H2,1-6H3. The molecule has 4 nitrogen and oxygen atoms in total. The molecule has 0 unspecified atom stereocenters. The third-order valence-electron chi connectivity index (χ3n) is 9.30. The number of hydrogen-bond donors (Lipinski definition) is 0. The molecule has 1 aliphatic rings. The summed E-state index contributed by atoms with van der Waals surface area (Å²) in [4.78, 5) is 18.3. The minimum Gasteiger partial charge on any atom is -0.261 e. The van der Waals surface area contributed by atoms with Gasteiger partial charge in [0.25, 0.3) is 0 Å². The van der Waals surface area contributed by atoms with E-state index in [9.17, 15) is 0 Å². The number of benzene rings is 2. The fourth-order valence-corrected chi connectivity index (χ4v) is 6.76. The van der Waals surface area contributed by atoms with Crippen LogP contribution in [0.1, 0.15) is 101 Å². The largest absolute Gasteiger partial charge is 0.261 e. The van der Waals surface area contributed by atoms with Crippen LogP contribution in [0, 0.1) is 0 Å². The molecule has 4 heteroatoms. The summed E-state index contributed by atoms with van der Waals surface area (Å²) in [5, 5.41) is 0. The normalized spacial score (nSPS) is 14.3. The summed E-state index contributed by atoms with van der Waals surface area (Å²) < 4.78 is 0. The molecule has 5 rings (SSSR count). The zero-order chi connectivity index (χ0) is 26.3. The number of nitrogens with zero attached hydrogens (tertiary/aromatic N) is 4. The molecule has 1 aliphatic carbocycles. The number of fused-ring (bicyclic) bond motifs is 3. The first kappa shape index (κ1) is 25.3. The molecule has 0 bridgehead atoms. The molecule has 2 aromatic heterocycles. The Bertz CT molecular complexity index is 1280. The maximum atomic E-state index is 4.75. The molecule has 0 atom stereocenters. The second-order valence-electron chi connectivity index (χ2n) is 10.9. The van der Waals surface area contributed by atoms with Crippen LogP contribution >= 0.6 is 0 Å². The lowest BCUT2D eigenvalue weighted by Crippen LogP contribution is -2.29. The molecule has 4 aromatic rings. The van der Waals surface area contributed by atoms with E-state index in [1.807, 2.05) is 24.8 Å². The first-order valence-corrected chi connectivity index (χ1v) is 13.7. The summed E-state index contributed by atoms with van der Waals surface area (Å²) in [7, 11) is 0. The molecule has 0 amide bonds. The Hall–Kier alpha value is -3.40. The summed E-state index contributed by atoms with van der Waals surface area (Å²) in [5.74, 6) is 0. The Morgan fingerprint density at radius 1 is 0.595 bits per heavy atom. The zero-order valence-electron chi connectivity index (χ0n) is 23.0. The summed E-state index contributed by atoms with van der Waals surface area (Å²) >= 11 is 0. The summed E-state index contributed by atoms with van der Waals surface area (Å²) in [6, 6.07) is 14.2. The van der Waals surface area contributed by atoms with Gasteiger partial charge in [0, 0.05) is 53.4 Å². The molecule has 0 N–H and O–H groups in total. The summed E-state index contributed by atoms with van der Waals surface area (Å²) in [5.41, 5.74) is 9.82. The molecule has 0 fully saturated rings. The maximum Gasteiger partial charge on any atom is 0.0691 e. The van der Waals surface area contributed by atoms with Crippen molar-refractivity contribution in [1.29, 1.82) is 0 Å². The van der Waals surface area contributed by atoms with Gasteiger partial charge in [-0.25, -0.2) is 0 Å².